The molecule has 0 bridgehead atoms. The molecule has 0 aliphatic heterocycles. The average Bonchev–Trinajstić information content (AvgIpc) is 3.01. The first-order valence-electron chi connectivity index (χ1n) is 5.40. The maximum absolute atomic E-state index is 5.58. The molecular formula is C11H17N3. The monoisotopic (exact) mass is 191 g/mol. The van der Waals surface area contributed by atoms with Crippen LogP contribution in [-0.4, -0.2) is 9.97 Å². The molecule has 0 unspecified atom stereocenters. The second-order valence-electron chi connectivity index (χ2n) is 3.93. The van der Waals surface area contributed by atoms with Crippen LogP contribution >= 0.6 is 0 Å². The number of nitrogens with two attached hydrogens (primary N) is 1. The SMILES string of the molecule is CCCc1cc(C2CC2)nc(CN)n1. The molecule has 0 radical (unpaired) electrons. The Morgan fingerprint density at radius 1 is 1.43 bits per heavy atom. The van der Waals surface area contributed by atoms with Crippen LogP contribution in [0.25, 0.3) is 0 Å². The van der Waals surface area contributed by atoms with Crippen molar-refractivity contribution in [1.82, 2.24) is 9.97 Å². The van der Waals surface area contributed by atoms with Gasteiger partial charge in [-0.05, 0) is 25.3 Å². The van der Waals surface area contributed by atoms with E-state index in [1.165, 1.54) is 18.5 Å². The summed E-state index contributed by atoms with van der Waals surface area (Å²) in [6, 6.07) is 2.15. The normalized spacial score (nSPS) is 15.9. The lowest BCUT2D eigenvalue weighted by atomic mass is 10.2. The molecule has 1 aliphatic rings. The molecule has 1 aromatic heterocycles. The first-order chi connectivity index (χ1) is 6.83. The number of aryl methyl sites for hydroxylation is 1. The van der Waals surface area contributed by atoms with Crippen LogP contribution in [-0.2, 0) is 13.0 Å². The highest BCUT2D eigenvalue weighted by molar-refractivity contribution is 5.19. The van der Waals surface area contributed by atoms with Gasteiger partial charge in [-0.2, -0.15) is 0 Å². The molecule has 2 N–H and O–H groups in total. The fourth-order valence-electron chi connectivity index (χ4n) is 1.64. The van der Waals surface area contributed by atoms with Gasteiger partial charge in [-0.15, -0.1) is 0 Å². The highest BCUT2D eigenvalue weighted by atomic mass is 14.9. The van der Waals surface area contributed by atoms with Crippen molar-refractivity contribution >= 4 is 0 Å². The molecule has 1 aromatic rings. The van der Waals surface area contributed by atoms with Crippen LogP contribution in [0.3, 0.4) is 0 Å². The first-order valence-corrected chi connectivity index (χ1v) is 5.40. The van der Waals surface area contributed by atoms with E-state index in [2.05, 4.69) is 23.0 Å². The molecule has 3 heteroatoms. The van der Waals surface area contributed by atoms with E-state index in [1.54, 1.807) is 0 Å². The molecule has 0 aromatic carbocycles. The standard InChI is InChI=1S/C11H17N3/c1-2-3-9-6-10(8-4-5-8)14-11(7-12)13-9/h6,8H,2-5,7,12H2,1H3. The summed E-state index contributed by atoms with van der Waals surface area (Å²) in [5, 5.41) is 0. The molecule has 0 saturated heterocycles. The quantitative estimate of drug-likeness (QED) is 0.789. The third kappa shape index (κ3) is 2.10. The van der Waals surface area contributed by atoms with E-state index < -0.39 is 0 Å². The Balaban J connectivity index is 2.26. The molecule has 1 aliphatic carbocycles. The number of hydrogen-bond donors (Lipinski definition) is 1. The summed E-state index contributed by atoms with van der Waals surface area (Å²) < 4.78 is 0. The predicted molar refractivity (Wildman–Crippen MR) is 55.9 cm³/mol. The lowest BCUT2D eigenvalue weighted by Crippen LogP contribution is -2.07. The lowest BCUT2D eigenvalue weighted by molar-refractivity contribution is 0.799. The van der Waals surface area contributed by atoms with Crippen LogP contribution in [0, 0.1) is 0 Å². The Morgan fingerprint density at radius 3 is 2.79 bits per heavy atom. The van der Waals surface area contributed by atoms with E-state index in [9.17, 15) is 0 Å². The largest absolute Gasteiger partial charge is 0.324 e. The highest BCUT2D eigenvalue weighted by Gasteiger charge is 2.25. The minimum absolute atomic E-state index is 0.456. The molecule has 0 atom stereocenters. The van der Waals surface area contributed by atoms with Crippen molar-refractivity contribution in [3.05, 3.63) is 23.3 Å². The summed E-state index contributed by atoms with van der Waals surface area (Å²) >= 11 is 0. The van der Waals surface area contributed by atoms with E-state index in [4.69, 9.17) is 5.73 Å². The van der Waals surface area contributed by atoms with E-state index in [1.807, 2.05) is 0 Å². The number of hydrogen-bond acceptors (Lipinski definition) is 3. The van der Waals surface area contributed by atoms with Crippen LogP contribution in [0.5, 0.6) is 0 Å². The number of nitrogens with zero attached hydrogens (tertiary/aromatic N) is 2. The van der Waals surface area contributed by atoms with Crippen molar-refractivity contribution in [3.8, 4) is 0 Å². The zero-order chi connectivity index (χ0) is 9.97. The van der Waals surface area contributed by atoms with E-state index in [-0.39, 0.29) is 0 Å². The zero-order valence-corrected chi connectivity index (χ0v) is 8.66. The second-order valence-corrected chi connectivity index (χ2v) is 3.93. The Labute approximate surface area is 84.8 Å². The lowest BCUT2D eigenvalue weighted by Gasteiger charge is -2.05. The van der Waals surface area contributed by atoms with Crippen molar-refractivity contribution in [1.29, 1.82) is 0 Å². The Hall–Kier alpha value is -0.960. The van der Waals surface area contributed by atoms with Gasteiger partial charge < -0.3 is 5.73 Å². The van der Waals surface area contributed by atoms with Gasteiger partial charge in [-0.1, -0.05) is 13.3 Å². The third-order valence-electron chi connectivity index (χ3n) is 2.53. The summed E-state index contributed by atoms with van der Waals surface area (Å²) in [6.45, 7) is 2.62. The van der Waals surface area contributed by atoms with Crippen LogP contribution in [0.1, 0.15) is 49.3 Å². The van der Waals surface area contributed by atoms with Crippen LogP contribution in [0.4, 0.5) is 0 Å². The summed E-state index contributed by atoms with van der Waals surface area (Å²) in [5.41, 5.74) is 7.95. The van der Waals surface area contributed by atoms with E-state index in [0.717, 1.165) is 24.4 Å². The number of rotatable bonds is 4. The Kier molecular flexibility index (Phi) is 2.77. The smallest absolute Gasteiger partial charge is 0.142 e. The molecule has 1 heterocycles. The molecule has 1 fully saturated rings. The first kappa shape index (κ1) is 9.59. The summed E-state index contributed by atoms with van der Waals surface area (Å²) in [7, 11) is 0. The number of aromatic nitrogens is 2. The summed E-state index contributed by atoms with van der Waals surface area (Å²) in [6.07, 6.45) is 4.74. The van der Waals surface area contributed by atoms with Gasteiger partial charge in [-0.3, -0.25) is 0 Å². The molecule has 2 rings (SSSR count). The molecule has 0 amide bonds. The molecular weight excluding hydrogens is 174 g/mol. The van der Waals surface area contributed by atoms with Gasteiger partial charge in [0, 0.05) is 17.3 Å². The van der Waals surface area contributed by atoms with Crippen molar-refractivity contribution in [2.24, 2.45) is 5.73 Å². The minimum atomic E-state index is 0.456. The van der Waals surface area contributed by atoms with E-state index in [0.29, 0.717) is 12.5 Å². The predicted octanol–water partition coefficient (Wildman–Crippen LogP) is 1.77. The van der Waals surface area contributed by atoms with Crippen LogP contribution in [0.15, 0.2) is 6.07 Å². The second kappa shape index (κ2) is 4.05. The summed E-state index contributed by atoms with van der Waals surface area (Å²) in [4.78, 5) is 8.88. The van der Waals surface area contributed by atoms with Crippen molar-refractivity contribution in [2.45, 2.75) is 45.1 Å². The zero-order valence-electron chi connectivity index (χ0n) is 8.66. The van der Waals surface area contributed by atoms with Crippen LogP contribution in [0.2, 0.25) is 0 Å². The molecule has 76 valence electrons. The molecule has 14 heavy (non-hydrogen) atoms. The maximum Gasteiger partial charge on any atom is 0.142 e. The molecule has 1 saturated carbocycles. The van der Waals surface area contributed by atoms with Gasteiger partial charge in [-0.25, -0.2) is 9.97 Å². The van der Waals surface area contributed by atoms with Gasteiger partial charge in [0.1, 0.15) is 5.82 Å². The van der Waals surface area contributed by atoms with Gasteiger partial charge in [0.05, 0.1) is 6.54 Å². The van der Waals surface area contributed by atoms with Crippen molar-refractivity contribution in [2.75, 3.05) is 0 Å². The summed E-state index contributed by atoms with van der Waals surface area (Å²) in [5.74, 6) is 1.50. The van der Waals surface area contributed by atoms with Crippen LogP contribution < -0.4 is 5.73 Å². The van der Waals surface area contributed by atoms with Gasteiger partial charge in [0.15, 0.2) is 0 Å². The fraction of sp³-hybridized carbons (Fsp3) is 0.636. The van der Waals surface area contributed by atoms with Gasteiger partial charge >= 0.3 is 0 Å². The Morgan fingerprint density at radius 2 is 2.21 bits per heavy atom. The van der Waals surface area contributed by atoms with Gasteiger partial charge in [0.2, 0.25) is 0 Å². The molecule has 0 spiro atoms. The van der Waals surface area contributed by atoms with Crippen molar-refractivity contribution in [3.63, 3.8) is 0 Å². The average molecular weight is 191 g/mol. The van der Waals surface area contributed by atoms with E-state index >= 15 is 0 Å². The minimum Gasteiger partial charge on any atom is -0.324 e. The maximum atomic E-state index is 5.58. The topological polar surface area (TPSA) is 51.8 Å². The Bertz CT molecular complexity index is 318. The highest BCUT2D eigenvalue weighted by Crippen LogP contribution is 2.39. The fourth-order valence-corrected chi connectivity index (χ4v) is 1.64. The van der Waals surface area contributed by atoms with Crippen molar-refractivity contribution < 1.29 is 0 Å². The third-order valence-corrected chi connectivity index (χ3v) is 2.53. The molecule has 3 nitrogen and oxygen atoms in total. The van der Waals surface area contributed by atoms with Gasteiger partial charge in [0.25, 0.3) is 0 Å².